The van der Waals surface area contributed by atoms with E-state index in [4.69, 9.17) is 17.3 Å². The Morgan fingerprint density at radius 2 is 2.00 bits per heavy atom. The van der Waals surface area contributed by atoms with Crippen molar-refractivity contribution in [3.05, 3.63) is 41.1 Å². The topological polar surface area (TPSA) is 38.4 Å². The molecule has 0 bridgehead atoms. The number of nitrogens with two attached hydrogens (primary N) is 1. The summed E-state index contributed by atoms with van der Waals surface area (Å²) in [6, 6.07) is 9.72. The summed E-state index contributed by atoms with van der Waals surface area (Å²) in [5.41, 5.74) is 6.38. The highest BCUT2D eigenvalue weighted by Gasteiger charge is 1.89. The van der Waals surface area contributed by atoms with Gasteiger partial charge in [-0.05, 0) is 18.6 Å². The third-order valence-corrected chi connectivity index (χ3v) is 1.56. The predicted molar refractivity (Wildman–Crippen MR) is 57.6 cm³/mol. The van der Waals surface area contributed by atoms with Crippen LogP contribution in [0.5, 0.6) is 0 Å². The predicted octanol–water partition coefficient (Wildman–Crippen LogP) is 2.60. The van der Waals surface area contributed by atoms with E-state index in [-0.39, 0.29) is 0 Å². The highest BCUT2D eigenvalue weighted by molar-refractivity contribution is 6.31. The van der Waals surface area contributed by atoms with Crippen molar-refractivity contribution in [1.29, 1.82) is 0 Å². The third-order valence-electron chi connectivity index (χ3n) is 1.37. The average Bonchev–Trinajstić information content (AvgIpc) is 2.04. The quantitative estimate of drug-likeness (QED) is 0.439. The van der Waals surface area contributed by atoms with Gasteiger partial charge in [0, 0.05) is 0 Å². The van der Waals surface area contributed by atoms with Gasteiger partial charge in [-0.15, -0.1) is 0 Å². The molecular formula is C10H11ClN2. The zero-order valence-electron chi connectivity index (χ0n) is 7.37. The second-order valence-corrected chi connectivity index (χ2v) is 3.02. The molecule has 68 valence electrons. The fourth-order valence-electron chi connectivity index (χ4n) is 0.888. The molecule has 0 spiro atoms. The van der Waals surface area contributed by atoms with Gasteiger partial charge in [-0.1, -0.05) is 41.9 Å². The summed E-state index contributed by atoms with van der Waals surface area (Å²) < 4.78 is 0. The minimum atomic E-state index is 0.395. The first-order valence-electron chi connectivity index (χ1n) is 3.91. The molecule has 1 rings (SSSR count). The number of benzene rings is 1. The lowest BCUT2D eigenvalue weighted by Crippen LogP contribution is -2.04. The number of aliphatic imine (C=N–C) groups is 1. The first-order chi connectivity index (χ1) is 6.18. The van der Waals surface area contributed by atoms with Crippen molar-refractivity contribution in [2.24, 2.45) is 10.7 Å². The normalized spacial score (nSPS) is 13.1. The lowest BCUT2D eigenvalue weighted by atomic mass is 10.2. The van der Waals surface area contributed by atoms with E-state index >= 15 is 0 Å². The highest BCUT2D eigenvalue weighted by atomic mass is 35.5. The number of halogens is 1. The van der Waals surface area contributed by atoms with Gasteiger partial charge in [0.1, 0.15) is 5.16 Å². The summed E-state index contributed by atoms with van der Waals surface area (Å²) in [5.74, 6) is 0.456. The molecule has 3 heteroatoms. The van der Waals surface area contributed by atoms with Crippen LogP contribution in [0.25, 0.3) is 6.08 Å². The van der Waals surface area contributed by atoms with Crippen LogP contribution in [0.1, 0.15) is 12.5 Å². The minimum absolute atomic E-state index is 0.395. The van der Waals surface area contributed by atoms with Crippen molar-refractivity contribution in [1.82, 2.24) is 0 Å². The SMILES string of the molecule is CC(N)=NC(Cl)=Cc1ccccc1. The zero-order chi connectivity index (χ0) is 9.68. The van der Waals surface area contributed by atoms with E-state index in [0.717, 1.165) is 5.56 Å². The van der Waals surface area contributed by atoms with E-state index in [0.29, 0.717) is 11.0 Å². The maximum absolute atomic E-state index is 5.80. The Hall–Kier alpha value is -1.28. The molecular weight excluding hydrogens is 184 g/mol. The van der Waals surface area contributed by atoms with Gasteiger partial charge in [0.05, 0.1) is 5.84 Å². The molecule has 1 aromatic carbocycles. The largest absolute Gasteiger partial charge is 0.387 e. The van der Waals surface area contributed by atoms with Crippen molar-refractivity contribution in [3.8, 4) is 0 Å². The summed E-state index contributed by atoms with van der Waals surface area (Å²) >= 11 is 5.80. The smallest absolute Gasteiger partial charge is 0.131 e. The van der Waals surface area contributed by atoms with Gasteiger partial charge in [-0.3, -0.25) is 0 Å². The number of amidine groups is 1. The molecule has 13 heavy (non-hydrogen) atoms. The molecule has 0 aliphatic heterocycles. The molecule has 0 heterocycles. The van der Waals surface area contributed by atoms with E-state index < -0.39 is 0 Å². The van der Waals surface area contributed by atoms with Crippen molar-refractivity contribution in [3.63, 3.8) is 0 Å². The first-order valence-corrected chi connectivity index (χ1v) is 4.29. The molecule has 1 aromatic rings. The maximum atomic E-state index is 5.80. The van der Waals surface area contributed by atoms with Gasteiger partial charge in [-0.25, -0.2) is 4.99 Å². The van der Waals surface area contributed by atoms with Crippen molar-refractivity contribution < 1.29 is 0 Å². The molecule has 0 amide bonds. The van der Waals surface area contributed by atoms with Gasteiger partial charge in [0.15, 0.2) is 0 Å². The summed E-state index contributed by atoms with van der Waals surface area (Å²) in [4.78, 5) is 3.89. The van der Waals surface area contributed by atoms with Crippen LogP contribution >= 0.6 is 11.6 Å². The lowest BCUT2D eigenvalue weighted by Gasteiger charge is -1.93. The second kappa shape index (κ2) is 4.67. The van der Waals surface area contributed by atoms with E-state index in [1.165, 1.54) is 0 Å². The maximum Gasteiger partial charge on any atom is 0.131 e. The molecule has 0 saturated heterocycles. The fraction of sp³-hybridized carbons (Fsp3) is 0.100. The van der Waals surface area contributed by atoms with Crippen molar-refractivity contribution >= 4 is 23.5 Å². The van der Waals surface area contributed by atoms with Gasteiger partial charge in [0.2, 0.25) is 0 Å². The summed E-state index contributed by atoms with van der Waals surface area (Å²) in [7, 11) is 0. The van der Waals surface area contributed by atoms with Crippen molar-refractivity contribution in [2.75, 3.05) is 0 Å². The van der Waals surface area contributed by atoms with Crippen LogP contribution in [0.4, 0.5) is 0 Å². The Balaban J connectivity index is 2.83. The Bertz CT molecular complexity index is 324. The van der Waals surface area contributed by atoms with Crippen LogP contribution < -0.4 is 5.73 Å². The summed E-state index contributed by atoms with van der Waals surface area (Å²) in [5, 5.41) is 0.395. The average molecular weight is 195 g/mol. The zero-order valence-corrected chi connectivity index (χ0v) is 8.12. The molecule has 0 unspecified atom stereocenters. The van der Waals surface area contributed by atoms with Crippen LogP contribution in [0.2, 0.25) is 0 Å². The summed E-state index contributed by atoms with van der Waals surface area (Å²) in [6.45, 7) is 1.70. The Labute approximate surface area is 82.7 Å². The lowest BCUT2D eigenvalue weighted by molar-refractivity contribution is 1.44. The molecule has 0 atom stereocenters. The van der Waals surface area contributed by atoms with E-state index in [1.807, 2.05) is 30.3 Å². The van der Waals surface area contributed by atoms with Crippen LogP contribution in [-0.4, -0.2) is 5.84 Å². The van der Waals surface area contributed by atoms with Crippen LogP contribution in [-0.2, 0) is 0 Å². The Morgan fingerprint density at radius 3 is 2.54 bits per heavy atom. The first kappa shape index (κ1) is 9.81. The standard InChI is InChI=1S/C10H11ClN2/c1-8(12)13-10(11)7-9-5-3-2-4-6-9/h2-7H,1H3,(H2,12,13). The third kappa shape index (κ3) is 3.76. The number of rotatable bonds is 2. The molecule has 0 aliphatic carbocycles. The molecule has 0 aliphatic rings. The van der Waals surface area contributed by atoms with Crippen molar-refractivity contribution in [2.45, 2.75) is 6.92 Å². The number of nitrogens with zero attached hydrogens (tertiary/aromatic N) is 1. The molecule has 0 fully saturated rings. The second-order valence-electron chi connectivity index (χ2n) is 2.63. The van der Waals surface area contributed by atoms with E-state index in [2.05, 4.69) is 4.99 Å². The van der Waals surface area contributed by atoms with Gasteiger partial charge < -0.3 is 5.73 Å². The molecule has 0 saturated carbocycles. The number of hydrogen-bond donors (Lipinski definition) is 1. The minimum Gasteiger partial charge on any atom is -0.387 e. The van der Waals surface area contributed by atoms with Gasteiger partial charge in [-0.2, -0.15) is 0 Å². The molecule has 2 N–H and O–H groups in total. The number of hydrogen-bond acceptors (Lipinski definition) is 1. The van der Waals surface area contributed by atoms with Gasteiger partial charge >= 0.3 is 0 Å². The highest BCUT2D eigenvalue weighted by Crippen LogP contribution is 2.10. The Kier molecular flexibility index (Phi) is 3.53. The molecule has 2 nitrogen and oxygen atoms in total. The van der Waals surface area contributed by atoms with E-state index in [1.54, 1.807) is 13.0 Å². The Morgan fingerprint density at radius 1 is 1.38 bits per heavy atom. The van der Waals surface area contributed by atoms with Crippen LogP contribution in [0, 0.1) is 0 Å². The molecule has 0 aromatic heterocycles. The van der Waals surface area contributed by atoms with Crippen LogP contribution in [0.15, 0.2) is 40.5 Å². The van der Waals surface area contributed by atoms with E-state index in [9.17, 15) is 0 Å². The monoisotopic (exact) mass is 194 g/mol. The summed E-state index contributed by atoms with van der Waals surface area (Å²) in [6.07, 6.45) is 1.76. The van der Waals surface area contributed by atoms with Gasteiger partial charge in [0.25, 0.3) is 0 Å². The molecule has 0 radical (unpaired) electrons. The van der Waals surface area contributed by atoms with Crippen LogP contribution in [0.3, 0.4) is 0 Å². The fourth-order valence-corrected chi connectivity index (χ4v) is 1.15.